The summed E-state index contributed by atoms with van der Waals surface area (Å²) >= 11 is 6.88. The van der Waals surface area contributed by atoms with Crippen LogP contribution in [0.4, 0.5) is 11.4 Å². The van der Waals surface area contributed by atoms with Crippen LogP contribution in [0.1, 0.15) is 0 Å². The van der Waals surface area contributed by atoms with Gasteiger partial charge < -0.3 is 4.98 Å². The van der Waals surface area contributed by atoms with E-state index in [9.17, 15) is 0 Å². The second-order valence-corrected chi connectivity index (χ2v) is 5.79. The van der Waals surface area contributed by atoms with Gasteiger partial charge in [0.1, 0.15) is 5.69 Å². The maximum absolute atomic E-state index is 4.30. The van der Waals surface area contributed by atoms with Gasteiger partial charge >= 0.3 is 0 Å². The van der Waals surface area contributed by atoms with Crippen LogP contribution >= 0.6 is 31.9 Å². The lowest BCUT2D eigenvalue weighted by Gasteiger charge is -1.97. The standard InChI is InChI=1S/C14H9Br2N3/c15-9-5-6-13(11(16)7-9)18-19-14-8-17-12-4-2-1-3-10(12)14/h1-8,17H/b19-18+. The van der Waals surface area contributed by atoms with Crippen LogP contribution in [-0.4, -0.2) is 4.98 Å². The van der Waals surface area contributed by atoms with Crippen LogP contribution < -0.4 is 0 Å². The zero-order valence-electron chi connectivity index (χ0n) is 9.77. The van der Waals surface area contributed by atoms with E-state index in [1.54, 1.807) is 0 Å². The molecule has 0 atom stereocenters. The number of benzene rings is 2. The monoisotopic (exact) mass is 377 g/mol. The van der Waals surface area contributed by atoms with Crippen LogP contribution in [0.15, 0.2) is 67.8 Å². The van der Waals surface area contributed by atoms with Gasteiger partial charge in [-0.05, 0) is 40.2 Å². The van der Waals surface area contributed by atoms with Crippen LogP contribution in [0.2, 0.25) is 0 Å². The third-order valence-electron chi connectivity index (χ3n) is 2.74. The number of nitrogens with one attached hydrogen (secondary N) is 1. The predicted octanol–water partition coefficient (Wildman–Crippen LogP) is 6.11. The third kappa shape index (κ3) is 2.62. The van der Waals surface area contributed by atoms with Gasteiger partial charge in [0, 0.05) is 26.0 Å². The molecule has 0 fully saturated rings. The first-order chi connectivity index (χ1) is 9.24. The molecule has 0 saturated heterocycles. The van der Waals surface area contributed by atoms with Crippen molar-refractivity contribution in [3.8, 4) is 0 Å². The summed E-state index contributed by atoms with van der Waals surface area (Å²) in [6.45, 7) is 0. The minimum Gasteiger partial charge on any atom is -0.359 e. The minimum atomic E-state index is 0.800. The lowest BCUT2D eigenvalue weighted by Crippen LogP contribution is -1.69. The summed E-state index contributed by atoms with van der Waals surface area (Å²) in [4.78, 5) is 3.18. The molecular formula is C14H9Br2N3. The summed E-state index contributed by atoms with van der Waals surface area (Å²) in [5, 5.41) is 9.65. The number of hydrogen-bond acceptors (Lipinski definition) is 2. The zero-order valence-corrected chi connectivity index (χ0v) is 12.9. The number of H-pyrrole nitrogens is 1. The van der Waals surface area contributed by atoms with Gasteiger partial charge in [-0.2, -0.15) is 0 Å². The molecule has 2 aromatic carbocycles. The molecule has 3 aromatic rings. The van der Waals surface area contributed by atoms with E-state index in [0.717, 1.165) is 31.2 Å². The molecule has 94 valence electrons. The fraction of sp³-hybridized carbons (Fsp3) is 0. The highest BCUT2D eigenvalue weighted by atomic mass is 79.9. The van der Waals surface area contributed by atoms with E-state index < -0.39 is 0 Å². The second-order valence-electron chi connectivity index (χ2n) is 4.02. The lowest BCUT2D eigenvalue weighted by molar-refractivity contribution is 1.23. The van der Waals surface area contributed by atoms with Crippen molar-refractivity contribution in [1.82, 2.24) is 4.98 Å². The Hall–Kier alpha value is -1.46. The minimum absolute atomic E-state index is 0.800. The van der Waals surface area contributed by atoms with Crippen molar-refractivity contribution < 1.29 is 0 Å². The van der Waals surface area contributed by atoms with E-state index in [1.165, 1.54) is 0 Å². The molecule has 3 rings (SSSR count). The highest BCUT2D eigenvalue weighted by Crippen LogP contribution is 2.31. The molecule has 1 N–H and O–H groups in total. The van der Waals surface area contributed by atoms with Crippen molar-refractivity contribution in [3.63, 3.8) is 0 Å². The SMILES string of the molecule is Brc1ccc(/N=N/c2c[nH]c3ccccc23)c(Br)c1. The van der Waals surface area contributed by atoms with Crippen LogP contribution in [0, 0.1) is 0 Å². The van der Waals surface area contributed by atoms with Crippen molar-refractivity contribution in [3.05, 3.63) is 57.6 Å². The Labute approximate surface area is 127 Å². The molecule has 0 unspecified atom stereocenters. The van der Waals surface area contributed by atoms with E-state index in [-0.39, 0.29) is 0 Å². The van der Waals surface area contributed by atoms with E-state index in [2.05, 4.69) is 47.1 Å². The highest BCUT2D eigenvalue weighted by molar-refractivity contribution is 9.11. The fourth-order valence-electron chi connectivity index (χ4n) is 1.81. The Morgan fingerprint density at radius 2 is 1.68 bits per heavy atom. The highest BCUT2D eigenvalue weighted by Gasteiger charge is 2.02. The number of aromatic amines is 1. The second kappa shape index (κ2) is 5.27. The third-order valence-corrected chi connectivity index (χ3v) is 3.87. The molecule has 0 spiro atoms. The van der Waals surface area contributed by atoms with E-state index in [1.807, 2.05) is 48.7 Å². The van der Waals surface area contributed by atoms with Gasteiger partial charge in [-0.15, -0.1) is 10.2 Å². The molecule has 0 amide bonds. The number of aromatic nitrogens is 1. The van der Waals surface area contributed by atoms with Gasteiger partial charge in [0.05, 0.1) is 5.69 Å². The van der Waals surface area contributed by atoms with Crippen molar-refractivity contribution in [2.75, 3.05) is 0 Å². The van der Waals surface area contributed by atoms with E-state index in [0.29, 0.717) is 0 Å². The summed E-state index contributed by atoms with van der Waals surface area (Å²) in [5.41, 5.74) is 2.70. The first kappa shape index (κ1) is 12.6. The van der Waals surface area contributed by atoms with Crippen LogP contribution in [-0.2, 0) is 0 Å². The van der Waals surface area contributed by atoms with Crippen molar-refractivity contribution >= 4 is 54.1 Å². The first-order valence-corrected chi connectivity index (χ1v) is 7.25. The Morgan fingerprint density at radius 1 is 0.895 bits per heavy atom. The largest absolute Gasteiger partial charge is 0.359 e. The Kier molecular flexibility index (Phi) is 3.48. The molecule has 0 aliphatic carbocycles. The number of para-hydroxylation sites is 1. The van der Waals surface area contributed by atoms with Gasteiger partial charge in [0.15, 0.2) is 0 Å². The van der Waals surface area contributed by atoms with E-state index in [4.69, 9.17) is 0 Å². The molecule has 0 radical (unpaired) electrons. The number of azo groups is 1. The van der Waals surface area contributed by atoms with Crippen LogP contribution in [0.25, 0.3) is 10.9 Å². The van der Waals surface area contributed by atoms with Gasteiger partial charge in [0.2, 0.25) is 0 Å². The number of fused-ring (bicyclic) bond motifs is 1. The van der Waals surface area contributed by atoms with Gasteiger partial charge in [0.25, 0.3) is 0 Å². The molecule has 5 heteroatoms. The maximum atomic E-state index is 4.30. The summed E-state index contributed by atoms with van der Waals surface area (Å²) in [6.07, 6.45) is 1.86. The fourth-order valence-corrected chi connectivity index (χ4v) is 2.94. The van der Waals surface area contributed by atoms with Crippen LogP contribution in [0.3, 0.4) is 0 Å². The van der Waals surface area contributed by atoms with Crippen LogP contribution in [0.5, 0.6) is 0 Å². The Bertz CT molecular complexity index is 762. The van der Waals surface area contributed by atoms with Gasteiger partial charge in [-0.1, -0.05) is 34.1 Å². The van der Waals surface area contributed by atoms with E-state index >= 15 is 0 Å². The number of rotatable bonds is 2. The Balaban J connectivity index is 1.98. The summed E-state index contributed by atoms with van der Waals surface area (Å²) < 4.78 is 1.91. The first-order valence-electron chi connectivity index (χ1n) is 5.67. The van der Waals surface area contributed by atoms with Gasteiger partial charge in [-0.25, -0.2) is 0 Å². The zero-order chi connectivity index (χ0) is 13.2. The smallest absolute Gasteiger partial charge is 0.111 e. The average molecular weight is 379 g/mol. The summed E-state index contributed by atoms with van der Waals surface area (Å²) in [6, 6.07) is 13.8. The number of nitrogens with zero attached hydrogens (tertiary/aromatic N) is 2. The molecule has 0 aliphatic heterocycles. The molecule has 3 nitrogen and oxygen atoms in total. The molecule has 0 saturated carbocycles. The molecule has 19 heavy (non-hydrogen) atoms. The maximum Gasteiger partial charge on any atom is 0.111 e. The average Bonchev–Trinajstić information content (AvgIpc) is 2.81. The molecule has 0 bridgehead atoms. The lowest BCUT2D eigenvalue weighted by atomic mass is 10.2. The molecule has 1 aromatic heterocycles. The predicted molar refractivity (Wildman–Crippen MR) is 84.3 cm³/mol. The van der Waals surface area contributed by atoms with Crippen molar-refractivity contribution in [1.29, 1.82) is 0 Å². The Morgan fingerprint density at radius 3 is 2.53 bits per heavy atom. The summed E-state index contributed by atoms with van der Waals surface area (Å²) in [5.74, 6) is 0. The quantitative estimate of drug-likeness (QED) is 0.522. The number of hydrogen-bond donors (Lipinski definition) is 1. The molecule has 1 heterocycles. The number of halogens is 2. The van der Waals surface area contributed by atoms with Crippen molar-refractivity contribution in [2.24, 2.45) is 10.2 Å². The topological polar surface area (TPSA) is 40.5 Å². The molecule has 0 aliphatic rings. The summed E-state index contributed by atoms with van der Waals surface area (Å²) in [7, 11) is 0. The van der Waals surface area contributed by atoms with Gasteiger partial charge in [-0.3, -0.25) is 0 Å². The van der Waals surface area contributed by atoms with Crippen molar-refractivity contribution in [2.45, 2.75) is 0 Å². The molecular weight excluding hydrogens is 370 g/mol. The normalized spacial score (nSPS) is 11.5.